The molecule has 0 bridgehead atoms. The first-order valence-corrected chi connectivity index (χ1v) is 11.3. The molecule has 3 aromatic carbocycles. The van der Waals surface area contributed by atoms with Gasteiger partial charge in [0.15, 0.2) is 5.58 Å². The number of aryl methyl sites for hydroxylation is 1. The van der Waals surface area contributed by atoms with Gasteiger partial charge in [-0.3, -0.25) is 4.79 Å². The molecule has 0 atom stereocenters. The van der Waals surface area contributed by atoms with E-state index in [1.165, 1.54) is 13.2 Å². The molecule has 0 spiro atoms. The Kier molecular flexibility index (Phi) is 6.92. The number of oxazole rings is 1. The number of aliphatic carboxylic acids is 1. The Morgan fingerprint density at radius 1 is 1.08 bits per heavy atom. The molecule has 1 aromatic heterocycles. The van der Waals surface area contributed by atoms with E-state index >= 15 is 0 Å². The zero-order valence-electron chi connectivity index (χ0n) is 20.0. The highest BCUT2D eigenvalue weighted by Crippen LogP contribution is 2.38. The fourth-order valence-electron chi connectivity index (χ4n) is 4.09. The van der Waals surface area contributed by atoms with Crippen molar-refractivity contribution in [3.63, 3.8) is 0 Å². The number of carbonyl (C=O) groups is 1. The summed E-state index contributed by atoms with van der Waals surface area (Å²) in [7, 11) is 1.46. The molecule has 0 radical (unpaired) electrons. The van der Waals surface area contributed by atoms with Crippen molar-refractivity contribution in [2.45, 2.75) is 33.0 Å². The maximum absolute atomic E-state index is 13.6. The summed E-state index contributed by atoms with van der Waals surface area (Å²) in [6.07, 6.45) is -4.76. The Bertz CT molecular complexity index is 1410. The Morgan fingerprint density at radius 3 is 2.53 bits per heavy atom. The number of methoxy groups -OCH3 is 1. The number of anilines is 1. The van der Waals surface area contributed by atoms with E-state index in [4.69, 9.17) is 9.15 Å². The van der Waals surface area contributed by atoms with E-state index in [9.17, 15) is 23.1 Å². The van der Waals surface area contributed by atoms with E-state index in [1.807, 2.05) is 32.0 Å². The smallest absolute Gasteiger partial charge is 0.416 e. The van der Waals surface area contributed by atoms with Gasteiger partial charge in [-0.15, -0.1) is 0 Å². The van der Waals surface area contributed by atoms with Crippen LogP contribution in [-0.2, 0) is 23.9 Å². The number of benzene rings is 3. The second-order valence-electron chi connectivity index (χ2n) is 8.46. The van der Waals surface area contributed by atoms with Crippen LogP contribution in [0.4, 0.5) is 19.2 Å². The van der Waals surface area contributed by atoms with Gasteiger partial charge in [0.2, 0.25) is 0 Å². The first kappa shape index (κ1) is 25.1. The average Bonchev–Trinajstić information content (AvgIpc) is 3.24. The number of carboxylic acids is 1. The summed E-state index contributed by atoms with van der Waals surface area (Å²) in [6, 6.07) is 14.3. The summed E-state index contributed by atoms with van der Waals surface area (Å²) in [5.41, 5.74) is 3.35. The van der Waals surface area contributed by atoms with Crippen molar-refractivity contribution in [1.82, 2.24) is 4.98 Å². The molecule has 4 rings (SSSR count). The van der Waals surface area contributed by atoms with Crippen LogP contribution in [0, 0.1) is 6.92 Å². The average molecular weight is 499 g/mol. The molecule has 36 heavy (non-hydrogen) atoms. The Morgan fingerprint density at radius 2 is 1.86 bits per heavy atom. The first-order valence-electron chi connectivity index (χ1n) is 11.3. The monoisotopic (exact) mass is 498 g/mol. The van der Waals surface area contributed by atoms with Gasteiger partial charge < -0.3 is 19.2 Å². The van der Waals surface area contributed by atoms with Crippen molar-refractivity contribution < 1.29 is 32.2 Å². The molecular weight excluding hydrogens is 473 g/mol. The largest absolute Gasteiger partial charge is 0.496 e. The summed E-state index contributed by atoms with van der Waals surface area (Å²) < 4.78 is 52.3. The van der Waals surface area contributed by atoms with Crippen LogP contribution in [0.15, 0.2) is 59.0 Å². The van der Waals surface area contributed by atoms with Crippen LogP contribution in [0.2, 0.25) is 0 Å². The molecule has 0 saturated heterocycles. The van der Waals surface area contributed by atoms with Gasteiger partial charge in [-0.05, 0) is 72.5 Å². The molecule has 188 valence electrons. The highest BCUT2D eigenvalue weighted by Gasteiger charge is 2.31. The van der Waals surface area contributed by atoms with Crippen LogP contribution in [0.1, 0.15) is 29.2 Å². The summed E-state index contributed by atoms with van der Waals surface area (Å²) in [5.74, 6) is -0.590. The molecule has 1 heterocycles. The van der Waals surface area contributed by atoms with E-state index < -0.39 is 17.7 Å². The van der Waals surface area contributed by atoms with Crippen LogP contribution in [-0.4, -0.2) is 29.7 Å². The summed E-state index contributed by atoms with van der Waals surface area (Å²) >= 11 is 0. The van der Waals surface area contributed by atoms with Crippen molar-refractivity contribution in [1.29, 1.82) is 0 Å². The number of aromatic nitrogens is 1. The standard InChI is InChI=1S/C27H25F3N2O4/c1-4-32(26-31-22-11-16(2)5-9-24(22)36-26)15-18-14-19(27(28,29)30)7-8-20(18)21-12-17(13-25(33)34)6-10-23(21)35-3/h5-12,14H,4,13,15H2,1-3H3,(H,33,34). The zero-order chi connectivity index (χ0) is 26.0. The van der Waals surface area contributed by atoms with E-state index in [0.717, 1.165) is 17.7 Å². The number of ether oxygens (including phenoxy) is 1. The van der Waals surface area contributed by atoms with Gasteiger partial charge in [-0.1, -0.05) is 18.2 Å². The number of halogens is 3. The topological polar surface area (TPSA) is 75.8 Å². The molecule has 1 N–H and O–H groups in total. The van der Waals surface area contributed by atoms with Crippen LogP contribution < -0.4 is 9.64 Å². The third-order valence-corrected chi connectivity index (χ3v) is 5.89. The number of rotatable bonds is 8. The highest BCUT2D eigenvalue weighted by molar-refractivity contribution is 5.78. The van der Waals surface area contributed by atoms with Gasteiger partial charge in [0.25, 0.3) is 6.01 Å². The van der Waals surface area contributed by atoms with Gasteiger partial charge in [0.1, 0.15) is 11.3 Å². The number of nitrogens with zero attached hydrogens (tertiary/aromatic N) is 2. The lowest BCUT2D eigenvalue weighted by Gasteiger charge is -2.22. The van der Waals surface area contributed by atoms with Crippen molar-refractivity contribution in [3.05, 3.63) is 76.9 Å². The van der Waals surface area contributed by atoms with Gasteiger partial charge in [-0.2, -0.15) is 18.2 Å². The molecule has 0 unspecified atom stereocenters. The molecule has 0 amide bonds. The Labute approximate surface area is 205 Å². The predicted molar refractivity (Wildman–Crippen MR) is 130 cm³/mol. The lowest BCUT2D eigenvalue weighted by atomic mass is 9.94. The van der Waals surface area contributed by atoms with E-state index in [0.29, 0.717) is 51.7 Å². The Hall–Kier alpha value is -4.01. The quantitative estimate of drug-likeness (QED) is 0.300. The van der Waals surface area contributed by atoms with Crippen LogP contribution in [0.25, 0.3) is 22.2 Å². The second-order valence-corrected chi connectivity index (χ2v) is 8.46. The highest BCUT2D eigenvalue weighted by atomic mass is 19.4. The van der Waals surface area contributed by atoms with Gasteiger partial charge in [0.05, 0.1) is 19.1 Å². The van der Waals surface area contributed by atoms with E-state index in [1.54, 1.807) is 23.1 Å². The first-order chi connectivity index (χ1) is 17.1. The van der Waals surface area contributed by atoms with E-state index in [-0.39, 0.29) is 13.0 Å². The maximum Gasteiger partial charge on any atom is 0.416 e. The predicted octanol–water partition coefficient (Wildman–Crippen LogP) is 6.48. The normalized spacial score (nSPS) is 11.6. The molecule has 6 nitrogen and oxygen atoms in total. The third-order valence-electron chi connectivity index (χ3n) is 5.89. The number of fused-ring (bicyclic) bond motifs is 1. The lowest BCUT2D eigenvalue weighted by Crippen LogP contribution is -2.23. The molecule has 0 fully saturated rings. The number of carboxylic acid groups (broad SMARTS) is 1. The van der Waals surface area contributed by atoms with Crippen molar-refractivity contribution in [3.8, 4) is 16.9 Å². The molecule has 4 aromatic rings. The zero-order valence-corrected chi connectivity index (χ0v) is 20.0. The van der Waals surface area contributed by atoms with Crippen LogP contribution in [0.3, 0.4) is 0 Å². The van der Waals surface area contributed by atoms with Crippen molar-refractivity contribution in [2.24, 2.45) is 0 Å². The third kappa shape index (κ3) is 5.30. The minimum atomic E-state index is -4.53. The maximum atomic E-state index is 13.6. The summed E-state index contributed by atoms with van der Waals surface area (Å²) in [4.78, 5) is 17.5. The molecule has 0 saturated carbocycles. The number of hydrogen-bond acceptors (Lipinski definition) is 5. The molecular formula is C27H25F3N2O4. The Balaban J connectivity index is 1.83. The fraction of sp³-hybridized carbons (Fsp3) is 0.259. The number of alkyl halides is 3. The van der Waals surface area contributed by atoms with Gasteiger partial charge in [0, 0.05) is 18.7 Å². The molecule has 0 aliphatic rings. The SMILES string of the molecule is CCN(Cc1cc(C(F)(F)F)ccc1-c1cc(CC(=O)O)ccc1OC)c1nc2cc(C)ccc2o1. The lowest BCUT2D eigenvalue weighted by molar-refractivity contribution is -0.138. The molecule has 0 aliphatic heterocycles. The summed E-state index contributed by atoms with van der Waals surface area (Å²) in [5, 5.41) is 9.21. The van der Waals surface area contributed by atoms with Gasteiger partial charge in [-0.25, -0.2) is 0 Å². The van der Waals surface area contributed by atoms with Crippen molar-refractivity contribution >= 4 is 23.1 Å². The summed E-state index contributed by atoms with van der Waals surface area (Å²) in [6.45, 7) is 4.30. The molecule has 9 heteroatoms. The van der Waals surface area contributed by atoms with Crippen LogP contribution >= 0.6 is 0 Å². The minimum absolute atomic E-state index is 0.0773. The van der Waals surface area contributed by atoms with E-state index in [2.05, 4.69) is 4.98 Å². The second kappa shape index (κ2) is 9.93. The minimum Gasteiger partial charge on any atom is -0.496 e. The fourth-order valence-corrected chi connectivity index (χ4v) is 4.09. The number of hydrogen-bond donors (Lipinski definition) is 1. The van der Waals surface area contributed by atoms with Crippen LogP contribution in [0.5, 0.6) is 5.75 Å². The van der Waals surface area contributed by atoms with Crippen molar-refractivity contribution in [2.75, 3.05) is 18.6 Å². The van der Waals surface area contributed by atoms with Gasteiger partial charge >= 0.3 is 12.1 Å². The molecule has 0 aliphatic carbocycles.